The molecule has 5 nitrogen and oxygen atoms in total. The number of aromatic nitrogens is 4. The molecule has 1 aromatic carbocycles. The maximum absolute atomic E-state index is 6.20. The van der Waals surface area contributed by atoms with E-state index in [1.807, 2.05) is 12.1 Å². The van der Waals surface area contributed by atoms with Crippen LogP contribution < -0.4 is 0 Å². The van der Waals surface area contributed by atoms with Crippen molar-refractivity contribution in [2.24, 2.45) is 0 Å². The minimum absolute atomic E-state index is 0.139. The number of halogens is 1. The molecule has 0 saturated carbocycles. The van der Waals surface area contributed by atoms with E-state index < -0.39 is 0 Å². The van der Waals surface area contributed by atoms with Gasteiger partial charge in [0.1, 0.15) is 4.83 Å². The Kier molecular flexibility index (Phi) is 6.42. The molecule has 1 aliphatic rings. The molecule has 0 saturated heterocycles. The summed E-state index contributed by atoms with van der Waals surface area (Å²) in [7, 11) is 0. The predicted molar refractivity (Wildman–Crippen MR) is 135 cm³/mol. The van der Waals surface area contributed by atoms with E-state index in [0.29, 0.717) is 6.61 Å². The Hall–Kier alpha value is -1.32. The van der Waals surface area contributed by atoms with E-state index in [1.165, 1.54) is 16.0 Å². The molecule has 1 aliphatic heterocycles. The molecule has 4 heterocycles. The molecule has 4 aromatic rings. The summed E-state index contributed by atoms with van der Waals surface area (Å²) < 4.78 is 8.36. The number of benzene rings is 1. The van der Waals surface area contributed by atoms with Crippen LogP contribution in [-0.4, -0.2) is 30.9 Å². The standard InChI is InChI=1S/C23H25ClN4OS3/c1-4-10-30-21-25-20-18(16-11-23(3,5-2)29-12-17(16)32-20)19-26-27-22(28(19)21)31-13-14-6-8-15(24)9-7-14/h6-9H,4-5,10-13H2,1-3H3/t23-/m0/s1. The Morgan fingerprint density at radius 3 is 2.72 bits per heavy atom. The largest absolute Gasteiger partial charge is 0.369 e. The zero-order valence-electron chi connectivity index (χ0n) is 18.4. The molecule has 0 N–H and O–H groups in total. The average Bonchev–Trinajstić information content (AvgIpc) is 3.38. The highest BCUT2D eigenvalue weighted by molar-refractivity contribution is 7.99. The van der Waals surface area contributed by atoms with E-state index >= 15 is 0 Å². The fraction of sp³-hybridized carbons (Fsp3) is 0.435. The van der Waals surface area contributed by atoms with Gasteiger partial charge in [0.05, 0.1) is 17.6 Å². The molecule has 0 unspecified atom stereocenters. The Labute approximate surface area is 205 Å². The van der Waals surface area contributed by atoms with Crippen molar-refractivity contribution in [3.8, 4) is 0 Å². The van der Waals surface area contributed by atoms with Crippen molar-refractivity contribution in [3.05, 3.63) is 45.3 Å². The molecule has 0 aliphatic carbocycles. The first-order valence-electron chi connectivity index (χ1n) is 10.8. The van der Waals surface area contributed by atoms with Crippen LogP contribution in [0.5, 0.6) is 0 Å². The van der Waals surface area contributed by atoms with Crippen molar-refractivity contribution in [1.29, 1.82) is 0 Å². The third kappa shape index (κ3) is 4.16. The summed E-state index contributed by atoms with van der Waals surface area (Å²) >= 11 is 11.2. The van der Waals surface area contributed by atoms with Crippen LogP contribution in [0.4, 0.5) is 0 Å². The normalized spacial score (nSPS) is 18.5. The number of fused-ring (bicyclic) bond motifs is 5. The van der Waals surface area contributed by atoms with Crippen LogP contribution >= 0.6 is 46.5 Å². The lowest BCUT2D eigenvalue weighted by atomic mass is 9.90. The van der Waals surface area contributed by atoms with Gasteiger partial charge < -0.3 is 4.74 Å². The van der Waals surface area contributed by atoms with Gasteiger partial charge in [-0.25, -0.2) is 9.38 Å². The Balaban J connectivity index is 1.60. The number of ether oxygens (including phenoxy) is 1. The summed E-state index contributed by atoms with van der Waals surface area (Å²) in [4.78, 5) is 7.42. The van der Waals surface area contributed by atoms with Gasteiger partial charge in [-0.1, -0.05) is 61.1 Å². The maximum atomic E-state index is 6.20. The van der Waals surface area contributed by atoms with Crippen LogP contribution in [-0.2, 0) is 23.5 Å². The molecule has 32 heavy (non-hydrogen) atoms. The summed E-state index contributed by atoms with van der Waals surface area (Å²) in [6, 6.07) is 7.97. The minimum atomic E-state index is -0.139. The second-order valence-corrected chi connectivity index (χ2v) is 11.8. The summed E-state index contributed by atoms with van der Waals surface area (Å²) in [5.41, 5.74) is 3.33. The Bertz CT molecular complexity index is 1270. The van der Waals surface area contributed by atoms with Gasteiger partial charge in [-0.15, -0.1) is 21.5 Å². The summed E-state index contributed by atoms with van der Waals surface area (Å²) in [5, 5.41) is 13.0. The number of hydrogen-bond acceptors (Lipinski definition) is 7. The summed E-state index contributed by atoms with van der Waals surface area (Å²) in [5.74, 6) is 1.81. The highest BCUT2D eigenvalue weighted by atomic mass is 35.5. The van der Waals surface area contributed by atoms with Gasteiger partial charge in [0, 0.05) is 27.8 Å². The van der Waals surface area contributed by atoms with Crippen molar-refractivity contribution in [3.63, 3.8) is 0 Å². The van der Waals surface area contributed by atoms with Gasteiger partial charge in [-0.2, -0.15) is 0 Å². The second-order valence-electron chi connectivity index (χ2n) is 8.25. The molecule has 0 fully saturated rings. The van der Waals surface area contributed by atoms with Crippen LogP contribution in [0.2, 0.25) is 5.02 Å². The third-order valence-corrected chi connectivity index (χ3v) is 9.38. The maximum Gasteiger partial charge on any atom is 0.198 e. The number of thioether (sulfide) groups is 2. The quantitative estimate of drug-likeness (QED) is 0.199. The summed E-state index contributed by atoms with van der Waals surface area (Å²) in [6.07, 6.45) is 2.95. The van der Waals surface area contributed by atoms with Gasteiger partial charge in [-0.3, -0.25) is 0 Å². The highest BCUT2D eigenvalue weighted by Crippen LogP contribution is 2.42. The zero-order chi connectivity index (χ0) is 22.3. The Morgan fingerprint density at radius 2 is 1.97 bits per heavy atom. The number of rotatable bonds is 7. The molecular weight excluding hydrogens is 480 g/mol. The van der Waals surface area contributed by atoms with Gasteiger partial charge in [0.25, 0.3) is 0 Å². The molecule has 0 radical (unpaired) electrons. The van der Waals surface area contributed by atoms with Crippen molar-refractivity contribution in [2.45, 2.75) is 68.3 Å². The fourth-order valence-corrected chi connectivity index (χ4v) is 6.93. The molecule has 1 atom stereocenters. The van der Waals surface area contributed by atoms with Crippen molar-refractivity contribution >= 4 is 62.3 Å². The molecule has 0 bridgehead atoms. The first-order chi connectivity index (χ1) is 15.5. The van der Waals surface area contributed by atoms with E-state index in [0.717, 1.165) is 62.0 Å². The minimum Gasteiger partial charge on any atom is -0.369 e. The third-order valence-electron chi connectivity index (χ3n) is 5.88. The van der Waals surface area contributed by atoms with Gasteiger partial charge in [0.15, 0.2) is 16.0 Å². The average molecular weight is 505 g/mol. The smallest absolute Gasteiger partial charge is 0.198 e. The van der Waals surface area contributed by atoms with Crippen molar-refractivity contribution < 1.29 is 4.74 Å². The number of hydrogen-bond donors (Lipinski definition) is 0. The van der Waals surface area contributed by atoms with E-state index in [4.69, 9.17) is 21.3 Å². The molecule has 168 valence electrons. The molecular formula is C23H25ClN4OS3. The lowest BCUT2D eigenvalue weighted by molar-refractivity contribution is -0.0542. The summed E-state index contributed by atoms with van der Waals surface area (Å²) in [6.45, 7) is 7.23. The van der Waals surface area contributed by atoms with Crippen LogP contribution in [0, 0.1) is 0 Å². The molecule has 0 amide bonds. The number of nitrogens with zero attached hydrogens (tertiary/aromatic N) is 4. The van der Waals surface area contributed by atoms with E-state index in [-0.39, 0.29) is 5.60 Å². The topological polar surface area (TPSA) is 52.3 Å². The SMILES string of the molecule is CCCSc1nc2sc3c(c2c2nnc(SCc4ccc(Cl)cc4)n12)C[C@](C)(CC)OC3. The van der Waals surface area contributed by atoms with E-state index in [9.17, 15) is 0 Å². The molecule has 3 aromatic heterocycles. The highest BCUT2D eigenvalue weighted by Gasteiger charge is 2.33. The molecule has 0 spiro atoms. The van der Waals surface area contributed by atoms with Crippen LogP contribution in [0.15, 0.2) is 34.6 Å². The monoisotopic (exact) mass is 504 g/mol. The lowest BCUT2D eigenvalue weighted by Crippen LogP contribution is -2.33. The van der Waals surface area contributed by atoms with Crippen molar-refractivity contribution in [2.75, 3.05) is 5.75 Å². The van der Waals surface area contributed by atoms with Crippen LogP contribution in [0.25, 0.3) is 15.9 Å². The van der Waals surface area contributed by atoms with Gasteiger partial charge >= 0.3 is 0 Å². The first-order valence-corrected chi connectivity index (χ1v) is 14.0. The fourth-order valence-electron chi connectivity index (χ4n) is 3.86. The lowest BCUT2D eigenvalue weighted by Gasteiger charge is -2.33. The molecule has 9 heteroatoms. The first kappa shape index (κ1) is 22.5. The van der Waals surface area contributed by atoms with Gasteiger partial charge in [0.2, 0.25) is 0 Å². The van der Waals surface area contributed by atoms with Crippen molar-refractivity contribution in [1.82, 2.24) is 19.6 Å². The number of thiophene rings is 1. The van der Waals surface area contributed by atoms with Crippen LogP contribution in [0.3, 0.4) is 0 Å². The van der Waals surface area contributed by atoms with Gasteiger partial charge in [-0.05, 0) is 43.0 Å². The zero-order valence-corrected chi connectivity index (χ0v) is 21.6. The van der Waals surface area contributed by atoms with Crippen LogP contribution in [0.1, 0.15) is 49.6 Å². The molecule has 5 rings (SSSR count). The van der Waals surface area contributed by atoms with E-state index in [1.54, 1.807) is 34.9 Å². The van der Waals surface area contributed by atoms with E-state index in [2.05, 4.69) is 47.5 Å². The Morgan fingerprint density at radius 1 is 1.16 bits per heavy atom. The predicted octanol–water partition coefficient (Wildman–Crippen LogP) is 7.03. The second kappa shape index (κ2) is 9.14.